The predicted octanol–water partition coefficient (Wildman–Crippen LogP) is 3.71. The fourth-order valence-corrected chi connectivity index (χ4v) is 1.74. The maximum Gasteiger partial charge on any atom is 0.216 e. The van der Waals surface area contributed by atoms with Crippen LogP contribution >= 0.6 is 15.9 Å². The molecule has 0 spiro atoms. The quantitative estimate of drug-likeness (QED) is 0.355. The second-order valence-electron chi connectivity index (χ2n) is 3.31. The first-order valence-corrected chi connectivity index (χ1v) is 5.67. The monoisotopic (exact) mass is 275 g/mol. The minimum Gasteiger partial charge on any atom is -0.618 e. The fourth-order valence-electron chi connectivity index (χ4n) is 1.36. The molecule has 0 fully saturated rings. The first-order chi connectivity index (χ1) is 7.77. The molecule has 16 heavy (non-hydrogen) atoms. The van der Waals surface area contributed by atoms with Gasteiger partial charge in [-0.1, -0.05) is 30.3 Å². The van der Waals surface area contributed by atoms with Gasteiger partial charge < -0.3 is 5.21 Å². The molecule has 2 aromatic rings. The molecule has 0 saturated heterocycles. The summed E-state index contributed by atoms with van der Waals surface area (Å²) in [5.41, 5.74) is 1.49. The Kier molecular flexibility index (Phi) is 3.37. The number of rotatable bonds is 2. The van der Waals surface area contributed by atoms with Crippen molar-refractivity contribution in [3.63, 3.8) is 0 Å². The third kappa shape index (κ3) is 2.49. The van der Waals surface area contributed by atoms with Crippen LogP contribution in [-0.4, -0.2) is 11.0 Å². The van der Waals surface area contributed by atoms with E-state index in [0.29, 0.717) is 5.69 Å². The molecule has 0 aliphatic heterocycles. The van der Waals surface area contributed by atoms with Crippen LogP contribution < -0.4 is 0 Å². The van der Waals surface area contributed by atoms with Gasteiger partial charge in [0.05, 0.1) is 5.56 Å². The molecule has 0 atom stereocenters. The Morgan fingerprint density at radius 1 is 0.938 bits per heavy atom. The van der Waals surface area contributed by atoms with Crippen molar-refractivity contribution in [3.8, 4) is 0 Å². The van der Waals surface area contributed by atoms with Gasteiger partial charge in [-0.3, -0.25) is 0 Å². The standard InChI is InChI=1S/C13H10BrNO/c14-13-9-5-4-6-11(13)10-15(16)12-7-2-1-3-8-12/h1-10H. The third-order valence-electron chi connectivity index (χ3n) is 2.17. The average Bonchev–Trinajstić information content (AvgIpc) is 2.33. The lowest BCUT2D eigenvalue weighted by molar-refractivity contribution is -0.354. The summed E-state index contributed by atoms with van der Waals surface area (Å²) in [6.45, 7) is 0. The first-order valence-electron chi connectivity index (χ1n) is 4.88. The number of halogens is 1. The molecule has 0 saturated carbocycles. The molecule has 0 unspecified atom stereocenters. The van der Waals surface area contributed by atoms with Crippen molar-refractivity contribution < 1.29 is 4.74 Å². The van der Waals surface area contributed by atoms with Crippen LogP contribution in [-0.2, 0) is 0 Å². The molecule has 0 N–H and O–H groups in total. The molecular weight excluding hydrogens is 266 g/mol. The van der Waals surface area contributed by atoms with Gasteiger partial charge >= 0.3 is 0 Å². The molecule has 0 aliphatic rings. The highest BCUT2D eigenvalue weighted by atomic mass is 79.9. The Morgan fingerprint density at radius 3 is 2.25 bits per heavy atom. The summed E-state index contributed by atoms with van der Waals surface area (Å²) in [5, 5.41) is 11.8. The van der Waals surface area contributed by atoms with Crippen molar-refractivity contribution in [2.75, 3.05) is 0 Å². The van der Waals surface area contributed by atoms with Gasteiger partial charge in [0.1, 0.15) is 0 Å². The van der Waals surface area contributed by atoms with E-state index in [1.807, 2.05) is 42.5 Å². The lowest BCUT2D eigenvalue weighted by Crippen LogP contribution is -1.98. The molecule has 2 nitrogen and oxygen atoms in total. The van der Waals surface area contributed by atoms with E-state index in [2.05, 4.69) is 15.9 Å². The summed E-state index contributed by atoms with van der Waals surface area (Å²) >= 11 is 3.40. The van der Waals surface area contributed by atoms with Gasteiger partial charge in [0, 0.05) is 16.6 Å². The molecule has 0 aromatic heterocycles. The Labute approximate surface area is 103 Å². The van der Waals surface area contributed by atoms with Crippen LogP contribution in [0.4, 0.5) is 5.69 Å². The van der Waals surface area contributed by atoms with Crippen LogP contribution in [0.3, 0.4) is 0 Å². The first kappa shape index (κ1) is 10.9. The van der Waals surface area contributed by atoms with Crippen LogP contribution in [0.2, 0.25) is 0 Å². The smallest absolute Gasteiger partial charge is 0.216 e. The number of para-hydroxylation sites is 1. The van der Waals surface area contributed by atoms with Gasteiger partial charge in [-0.05, 0) is 28.1 Å². The van der Waals surface area contributed by atoms with E-state index in [4.69, 9.17) is 0 Å². The Balaban J connectivity index is 2.36. The zero-order valence-electron chi connectivity index (χ0n) is 8.51. The van der Waals surface area contributed by atoms with Gasteiger partial charge in [-0.25, -0.2) is 0 Å². The van der Waals surface area contributed by atoms with E-state index in [-0.39, 0.29) is 0 Å². The Hall–Kier alpha value is -1.61. The summed E-state index contributed by atoms with van der Waals surface area (Å²) in [7, 11) is 0. The van der Waals surface area contributed by atoms with E-state index in [0.717, 1.165) is 14.8 Å². The predicted molar refractivity (Wildman–Crippen MR) is 69.0 cm³/mol. The minimum absolute atomic E-state index is 0.623. The van der Waals surface area contributed by atoms with E-state index in [9.17, 15) is 5.21 Å². The van der Waals surface area contributed by atoms with Crippen molar-refractivity contribution in [1.82, 2.24) is 0 Å². The van der Waals surface area contributed by atoms with Gasteiger partial charge in [0.25, 0.3) is 0 Å². The topological polar surface area (TPSA) is 26.1 Å². The average molecular weight is 276 g/mol. The van der Waals surface area contributed by atoms with Gasteiger partial charge in [0.15, 0.2) is 6.21 Å². The van der Waals surface area contributed by atoms with E-state index in [1.165, 1.54) is 0 Å². The Morgan fingerprint density at radius 2 is 1.56 bits per heavy atom. The third-order valence-corrected chi connectivity index (χ3v) is 2.89. The Bertz CT molecular complexity index is 508. The minimum atomic E-state index is 0.623. The highest BCUT2D eigenvalue weighted by molar-refractivity contribution is 9.10. The van der Waals surface area contributed by atoms with Crippen molar-refractivity contribution in [1.29, 1.82) is 0 Å². The highest BCUT2D eigenvalue weighted by Gasteiger charge is 2.02. The lowest BCUT2D eigenvalue weighted by Gasteiger charge is -2.03. The molecule has 80 valence electrons. The number of nitrogens with zero attached hydrogens (tertiary/aromatic N) is 1. The molecule has 0 heterocycles. The fraction of sp³-hybridized carbons (Fsp3) is 0. The highest BCUT2D eigenvalue weighted by Crippen LogP contribution is 2.15. The lowest BCUT2D eigenvalue weighted by atomic mass is 10.2. The van der Waals surface area contributed by atoms with E-state index in [1.54, 1.807) is 18.3 Å². The zero-order chi connectivity index (χ0) is 11.4. The molecule has 0 bridgehead atoms. The van der Waals surface area contributed by atoms with Crippen LogP contribution in [0, 0.1) is 5.21 Å². The van der Waals surface area contributed by atoms with Crippen molar-refractivity contribution in [3.05, 3.63) is 69.8 Å². The van der Waals surface area contributed by atoms with Gasteiger partial charge in [-0.2, -0.15) is 4.74 Å². The second kappa shape index (κ2) is 4.94. The largest absolute Gasteiger partial charge is 0.618 e. The van der Waals surface area contributed by atoms with Crippen LogP contribution in [0.1, 0.15) is 5.56 Å². The van der Waals surface area contributed by atoms with Crippen molar-refractivity contribution in [2.24, 2.45) is 0 Å². The second-order valence-corrected chi connectivity index (χ2v) is 4.17. The summed E-state index contributed by atoms with van der Waals surface area (Å²) in [5.74, 6) is 0. The summed E-state index contributed by atoms with van der Waals surface area (Å²) in [6.07, 6.45) is 1.55. The van der Waals surface area contributed by atoms with E-state index < -0.39 is 0 Å². The van der Waals surface area contributed by atoms with Crippen LogP contribution in [0.15, 0.2) is 59.1 Å². The number of hydrogen-bond donors (Lipinski definition) is 0. The van der Waals surface area contributed by atoms with Gasteiger partial charge in [0.2, 0.25) is 5.69 Å². The molecule has 2 rings (SSSR count). The van der Waals surface area contributed by atoms with Crippen LogP contribution in [0.5, 0.6) is 0 Å². The van der Waals surface area contributed by atoms with Gasteiger partial charge in [-0.15, -0.1) is 0 Å². The summed E-state index contributed by atoms with van der Waals surface area (Å²) in [4.78, 5) is 0. The summed E-state index contributed by atoms with van der Waals surface area (Å²) in [6, 6.07) is 16.7. The molecule has 2 aromatic carbocycles. The summed E-state index contributed by atoms with van der Waals surface area (Å²) < 4.78 is 1.77. The van der Waals surface area contributed by atoms with E-state index >= 15 is 0 Å². The SMILES string of the molecule is [O-][N+](=Cc1ccccc1Br)c1ccccc1. The normalized spacial score (nSPS) is 11.4. The van der Waals surface area contributed by atoms with Crippen molar-refractivity contribution >= 4 is 27.8 Å². The molecule has 0 aliphatic carbocycles. The number of hydrogen-bond acceptors (Lipinski definition) is 1. The van der Waals surface area contributed by atoms with Crippen LogP contribution in [0.25, 0.3) is 0 Å². The maximum atomic E-state index is 11.8. The maximum absolute atomic E-state index is 11.8. The molecular formula is C13H10BrNO. The molecule has 0 amide bonds. The molecule has 0 radical (unpaired) electrons. The zero-order valence-corrected chi connectivity index (χ0v) is 10.1. The molecule has 3 heteroatoms. The van der Waals surface area contributed by atoms with Crippen molar-refractivity contribution in [2.45, 2.75) is 0 Å². The number of benzene rings is 2.